The van der Waals surface area contributed by atoms with Gasteiger partial charge in [-0.05, 0) is 12.1 Å². The maximum absolute atomic E-state index is 11.7. The molecule has 80 valence electrons. The summed E-state index contributed by atoms with van der Waals surface area (Å²) in [7, 11) is 1.35. The first-order valence-electron chi connectivity index (χ1n) is 4.77. The van der Waals surface area contributed by atoms with Gasteiger partial charge in [0.25, 0.3) is 0 Å². The SMILES string of the molecule is COC(=O)c1c2ccoc2cc2occc12. The molecule has 0 spiro atoms. The lowest BCUT2D eigenvalue weighted by Gasteiger charge is -2.01. The first-order chi connectivity index (χ1) is 7.81. The van der Waals surface area contributed by atoms with Gasteiger partial charge in [-0.2, -0.15) is 0 Å². The van der Waals surface area contributed by atoms with E-state index in [0.717, 1.165) is 10.8 Å². The van der Waals surface area contributed by atoms with Crippen LogP contribution in [-0.4, -0.2) is 13.1 Å². The molecule has 3 aromatic rings. The van der Waals surface area contributed by atoms with Crippen molar-refractivity contribution in [3.8, 4) is 0 Å². The summed E-state index contributed by atoms with van der Waals surface area (Å²) in [4.78, 5) is 11.7. The highest BCUT2D eigenvalue weighted by Gasteiger charge is 2.18. The van der Waals surface area contributed by atoms with Gasteiger partial charge in [-0.3, -0.25) is 0 Å². The summed E-state index contributed by atoms with van der Waals surface area (Å²) >= 11 is 0. The van der Waals surface area contributed by atoms with E-state index in [2.05, 4.69) is 0 Å². The molecule has 0 N–H and O–H groups in total. The largest absolute Gasteiger partial charge is 0.465 e. The predicted molar refractivity (Wildman–Crippen MR) is 57.3 cm³/mol. The molecule has 0 saturated carbocycles. The molecule has 1 aromatic carbocycles. The Morgan fingerprint density at radius 1 is 1.12 bits per heavy atom. The minimum absolute atomic E-state index is 0.390. The molecule has 2 aromatic heterocycles. The average Bonchev–Trinajstić information content (AvgIpc) is 2.91. The first kappa shape index (κ1) is 9.03. The Kier molecular flexibility index (Phi) is 1.77. The van der Waals surface area contributed by atoms with Crippen molar-refractivity contribution in [2.24, 2.45) is 0 Å². The van der Waals surface area contributed by atoms with Crippen molar-refractivity contribution in [1.29, 1.82) is 0 Å². The summed E-state index contributed by atoms with van der Waals surface area (Å²) in [5, 5.41) is 1.47. The van der Waals surface area contributed by atoms with Crippen LogP contribution in [0, 0.1) is 0 Å². The van der Waals surface area contributed by atoms with Crippen LogP contribution in [0.4, 0.5) is 0 Å². The Hall–Kier alpha value is -2.23. The fourth-order valence-corrected chi connectivity index (χ4v) is 1.86. The highest BCUT2D eigenvalue weighted by Crippen LogP contribution is 2.30. The van der Waals surface area contributed by atoms with Gasteiger partial charge in [0.15, 0.2) is 0 Å². The average molecular weight is 216 g/mol. The quantitative estimate of drug-likeness (QED) is 0.587. The molecule has 0 aliphatic carbocycles. The monoisotopic (exact) mass is 216 g/mol. The van der Waals surface area contributed by atoms with Crippen molar-refractivity contribution >= 4 is 27.9 Å². The molecule has 4 heteroatoms. The van der Waals surface area contributed by atoms with Gasteiger partial charge in [-0.15, -0.1) is 0 Å². The molecule has 4 nitrogen and oxygen atoms in total. The molecule has 0 atom stereocenters. The van der Waals surface area contributed by atoms with Gasteiger partial charge in [0.05, 0.1) is 25.2 Å². The summed E-state index contributed by atoms with van der Waals surface area (Å²) in [5.41, 5.74) is 1.71. The van der Waals surface area contributed by atoms with Crippen molar-refractivity contribution < 1.29 is 18.4 Å². The van der Waals surface area contributed by atoms with E-state index in [1.807, 2.05) is 0 Å². The third-order valence-corrected chi connectivity index (χ3v) is 2.58. The van der Waals surface area contributed by atoms with Crippen LogP contribution < -0.4 is 0 Å². The van der Waals surface area contributed by atoms with Gasteiger partial charge >= 0.3 is 5.97 Å². The predicted octanol–water partition coefficient (Wildman–Crippen LogP) is 2.97. The Morgan fingerprint density at radius 2 is 1.69 bits per heavy atom. The van der Waals surface area contributed by atoms with Gasteiger partial charge in [0.2, 0.25) is 0 Å². The summed E-state index contributed by atoms with van der Waals surface area (Å²) in [5.74, 6) is -0.390. The van der Waals surface area contributed by atoms with Crippen LogP contribution in [0.25, 0.3) is 21.9 Å². The Morgan fingerprint density at radius 3 is 2.19 bits per heavy atom. The lowest BCUT2D eigenvalue weighted by Crippen LogP contribution is -2.01. The summed E-state index contributed by atoms with van der Waals surface area (Å²) < 4.78 is 15.3. The second-order valence-corrected chi connectivity index (χ2v) is 3.41. The van der Waals surface area contributed by atoms with E-state index in [1.54, 1.807) is 18.2 Å². The van der Waals surface area contributed by atoms with E-state index >= 15 is 0 Å². The molecule has 3 rings (SSSR count). The van der Waals surface area contributed by atoms with E-state index in [0.29, 0.717) is 16.7 Å². The maximum Gasteiger partial charge on any atom is 0.339 e. The number of carbonyl (C=O) groups is 1. The van der Waals surface area contributed by atoms with Crippen molar-refractivity contribution in [3.05, 3.63) is 36.3 Å². The van der Waals surface area contributed by atoms with Crippen LogP contribution in [0.5, 0.6) is 0 Å². The Bertz CT molecular complexity index is 626. The molecule has 2 heterocycles. The minimum atomic E-state index is -0.390. The number of fused-ring (bicyclic) bond motifs is 2. The number of hydrogen-bond donors (Lipinski definition) is 0. The number of rotatable bonds is 1. The van der Waals surface area contributed by atoms with E-state index in [9.17, 15) is 4.79 Å². The summed E-state index contributed by atoms with van der Waals surface area (Å²) in [6.45, 7) is 0. The van der Waals surface area contributed by atoms with Crippen LogP contribution in [0.2, 0.25) is 0 Å². The second kappa shape index (κ2) is 3.13. The Labute approximate surface area is 90.4 Å². The van der Waals surface area contributed by atoms with E-state index in [-0.39, 0.29) is 0 Å². The van der Waals surface area contributed by atoms with Crippen LogP contribution in [-0.2, 0) is 4.74 Å². The number of carbonyl (C=O) groups excluding carboxylic acids is 1. The molecule has 0 amide bonds. The number of ether oxygens (including phenoxy) is 1. The van der Waals surface area contributed by atoms with Crippen molar-refractivity contribution in [3.63, 3.8) is 0 Å². The lowest BCUT2D eigenvalue weighted by atomic mass is 10.1. The van der Waals surface area contributed by atoms with Gasteiger partial charge in [-0.1, -0.05) is 0 Å². The molecule has 0 bridgehead atoms. The number of hydrogen-bond acceptors (Lipinski definition) is 4. The zero-order valence-corrected chi connectivity index (χ0v) is 8.52. The number of benzene rings is 1. The molecular weight excluding hydrogens is 208 g/mol. The Balaban J connectivity index is 2.51. The summed E-state index contributed by atoms with van der Waals surface area (Å²) in [6, 6.07) is 5.25. The van der Waals surface area contributed by atoms with Crippen LogP contribution in [0.3, 0.4) is 0 Å². The number of furan rings is 2. The fourth-order valence-electron chi connectivity index (χ4n) is 1.86. The molecule has 0 aliphatic heterocycles. The first-order valence-corrected chi connectivity index (χ1v) is 4.77. The third-order valence-electron chi connectivity index (χ3n) is 2.58. The van der Waals surface area contributed by atoms with Gasteiger partial charge in [0.1, 0.15) is 11.2 Å². The number of esters is 1. The van der Waals surface area contributed by atoms with E-state index in [4.69, 9.17) is 13.6 Å². The standard InChI is InChI=1S/C12H8O4/c1-14-12(13)11-7-2-4-15-9(7)6-10-8(11)3-5-16-10/h2-6H,1H3. The third kappa shape index (κ3) is 1.07. The highest BCUT2D eigenvalue weighted by atomic mass is 16.5. The van der Waals surface area contributed by atoms with Gasteiger partial charge < -0.3 is 13.6 Å². The topological polar surface area (TPSA) is 52.6 Å². The van der Waals surface area contributed by atoms with Gasteiger partial charge in [-0.25, -0.2) is 4.79 Å². The zero-order chi connectivity index (χ0) is 11.1. The minimum Gasteiger partial charge on any atom is -0.465 e. The fraction of sp³-hybridized carbons (Fsp3) is 0.0833. The normalized spacial score (nSPS) is 11.1. The zero-order valence-electron chi connectivity index (χ0n) is 8.52. The van der Waals surface area contributed by atoms with E-state index in [1.165, 1.54) is 19.6 Å². The second-order valence-electron chi connectivity index (χ2n) is 3.41. The smallest absolute Gasteiger partial charge is 0.339 e. The van der Waals surface area contributed by atoms with Crippen LogP contribution >= 0.6 is 0 Å². The molecule has 0 unspecified atom stereocenters. The van der Waals surface area contributed by atoms with Crippen molar-refractivity contribution in [1.82, 2.24) is 0 Å². The molecule has 16 heavy (non-hydrogen) atoms. The van der Waals surface area contributed by atoms with Crippen molar-refractivity contribution in [2.75, 3.05) is 7.11 Å². The van der Waals surface area contributed by atoms with E-state index < -0.39 is 5.97 Å². The number of methoxy groups -OCH3 is 1. The molecule has 0 radical (unpaired) electrons. The highest BCUT2D eigenvalue weighted by molar-refractivity contribution is 6.14. The molecular formula is C12H8O4. The maximum atomic E-state index is 11.7. The lowest BCUT2D eigenvalue weighted by molar-refractivity contribution is 0.0605. The van der Waals surface area contributed by atoms with Crippen LogP contribution in [0.15, 0.2) is 39.6 Å². The summed E-state index contributed by atoms with van der Waals surface area (Å²) in [6.07, 6.45) is 3.08. The molecule has 0 aliphatic rings. The molecule has 0 fully saturated rings. The van der Waals surface area contributed by atoms with Crippen molar-refractivity contribution in [2.45, 2.75) is 0 Å². The van der Waals surface area contributed by atoms with Gasteiger partial charge in [0, 0.05) is 16.8 Å². The van der Waals surface area contributed by atoms with Crippen LogP contribution in [0.1, 0.15) is 10.4 Å². The molecule has 0 saturated heterocycles.